The van der Waals surface area contributed by atoms with E-state index < -0.39 is 12.2 Å². The van der Waals surface area contributed by atoms with Crippen molar-refractivity contribution in [3.63, 3.8) is 0 Å². The second-order valence-corrected chi connectivity index (χ2v) is 3.51. The number of nitrogens with one attached hydrogen (secondary N) is 1. The molecule has 0 bridgehead atoms. The molecule has 1 saturated carbocycles. The summed E-state index contributed by atoms with van der Waals surface area (Å²) in [6, 6.07) is 0. The van der Waals surface area contributed by atoms with Gasteiger partial charge in [-0.1, -0.05) is 0 Å². The highest BCUT2D eigenvalue weighted by molar-refractivity contribution is 5.08. The summed E-state index contributed by atoms with van der Waals surface area (Å²) < 4.78 is 0. The Morgan fingerprint density at radius 3 is 2.50 bits per heavy atom. The van der Waals surface area contributed by atoms with Gasteiger partial charge >= 0.3 is 0 Å². The third-order valence-electron chi connectivity index (χ3n) is 2.64. The van der Waals surface area contributed by atoms with E-state index in [-0.39, 0.29) is 5.54 Å². The van der Waals surface area contributed by atoms with Crippen LogP contribution in [0, 0.1) is 0 Å². The van der Waals surface area contributed by atoms with E-state index in [0.29, 0.717) is 0 Å². The van der Waals surface area contributed by atoms with E-state index in [9.17, 15) is 5.11 Å². The van der Waals surface area contributed by atoms with Gasteiger partial charge in [-0.2, -0.15) is 0 Å². The van der Waals surface area contributed by atoms with E-state index in [0.717, 1.165) is 25.8 Å². The molecule has 3 heteroatoms. The monoisotopic (exact) mass is 143 g/mol. The minimum absolute atomic E-state index is 0.221. The van der Waals surface area contributed by atoms with Crippen molar-refractivity contribution in [1.29, 1.82) is 0 Å². The third kappa shape index (κ3) is 0.944. The Balaban J connectivity index is 1.98. The van der Waals surface area contributed by atoms with Gasteiger partial charge in [-0.3, -0.25) is 0 Å². The van der Waals surface area contributed by atoms with Crippen molar-refractivity contribution in [2.75, 3.05) is 6.54 Å². The third-order valence-corrected chi connectivity index (χ3v) is 2.64. The van der Waals surface area contributed by atoms with Crippen LogP contribution in [0.15, 0.2) is 0 Å². The highest BCUT2D eigenvalue weighted by atomic mass is 16.3. The predicted molar refractivity (Wildman–Crippen MR) is 36.6 cm³/mol. The molecule has 0 aromatic heterocycles. The lowest BCUT2D eigenvalue weighted by molar-refractivity contribution is -0.0185. The standard InChI is InChI=1S/C7H13NO2/c9-5-1-2-7(4-8-7)3-6(5)10/h5-6,8-10H,1-4H2. The molecule has 2 aliphatic rings. The molecule has 3 atom stereocenters. The average Bonchev–Trinajstić information content (AvgIpc) is 2.62. The fourth-order valence-electron chi connectivity index (χ4n) is 1.70. The lowest BCUT2D eigenvalue weighted by atomic mass is 9.85. The first-order valence-corrected chi connectivity index (χ1v) is 3.83. The predicted octanol–water partition coefficient (Wildman–Crippen LogP) is -0.766. The first-order chi connectivity index (χ1) is 4.72. The summed E-state index contributed by atoms with van der Waals surface area (Å²) in [6.07, 6.45) is 1.52. The molecule has 2 rings (SSSR count). The average molecular weight is 143 g/mol. The number of aliphatic hydroxyl groups is 2. The van der Waals surface area contributed by atoms with Gasteiger partial charge in [0.05, 0.1) is 12.2 Å². The maximum absolute atomic E-state index is 9.26. The van der Waals surface area contributed by atoms with Crippen LogP contribution in [0.4, 0.5) is 0 Å². The lowest BCUT2D eigenvalue weighted by Gasteiger charge is -2.28. The Bertz CT molecular complexity index is 145. The Morgan fingerprint density at radius 2 is 2.00 bits per heavy atom. The van der Waals surface area contributed by atoms with Crippen molar-refractivity contribution < 1.29 is 10.2 Å². The molecule has 1 spiro atoms. The van der Waals surface area contributed by atoms with E-state index >= 15 is 0 Å². The molecule has 0 aromatic rings. The number of hydrogen-bond donors (Lipinski definition) is 3. The molecule has 1 aliphatic heterocycles. The van der Waals surface area contributed by atoms with Gasteiger partial charge in [-0.05, 0) is 19.3 Å². The Labute approximate surface area is 60.1 Å². The molecule has 10 heavy (non-hydrogen) atoms. The summed E-state index contributed by atoms with van der Waals surface area (Å²) >= 11 is 0. The van der Waals surface area contributed by atoms with Crippen molar-refractivity contribution in [3.05, 3.63) is 0 Å². The second kappa shape index (κ2) is 1.94. The van der Waals surface area contributed by atoms with Crippen LogP contribution in [0.5, 0.6) is 0 Å². The fourth-order valence-corrected chi connectivity index (χ4v) is 1.70. The van der Waals surface area contributed by atoms with Gasteiger partial charge in [0.15, 0.2) is 0 Å². The molecule has 2 fully saturated rings. The SMILES string of the molecule is OC1CCC2(CN2)CC1O. The van der Waals surface area contributed by atoms with Gasteiger partial charge in [0.25, 0.3) is 0 Å². The molecular formula is C7H13NO2. The molecule has 1 heterocycles. The first-order valence-electron chi connectivity index (χ1n) is 3.83. The van der Waals surface area contributed by atoms with Crippen LogP contribution in [-0.2, 0) is 0 Å². The van der Waals surface area contributed by atoms with Gasteiger partial charge < -0.3 is 15.5 Å². The van der Waals surface area contributed by atoms with Gasteiger partial charge in [0.1, 0.15) is 0 Å². The maximum atomic E-state index is 9.26. The van der Waals surface area contributed by atoms with Gasteiger partial charge in [-0.15, -0.1) is 0 Å². The van der Waals surface area contributed by atoms with Crippen molar-refractivity contribution in [2.45, 2.75) is 37.0 Å². The molecule has 58 valence electrons. The van der Waals surface area contributed by atoms with E-state index in [1.807, 2.05) is 0 Å². The van der Waals surface area contributed by atoms with E-state index in [1.54, 1.807) is 0 Å². The summed E-state index contributed by atoms with van der Waals surface area (Å²) in [7, 11) is 0. The zero-order valence-corrected chi connectivity index (χ0v) is 5.88. The molecule has 3 nitrogen and oxygen atoms in total. The van der Waals surface area contributed by atoms with Crippen LogP contribution in [-0.4, -0.2) is 34.5 Å². The number of rotatable bonds is 0. The van der Waals surface area contributed by atoms with Crippen molar-refractivity contribution in [1.82, 2.24) is 5.32 Å². The Morgan fingerprint density at radius 1 is 1.30 bits per heavy atom. The van der Waals surface area contributed by atoms with Crippen LogP contribution in [0.2, 0.25) is 0 Å². The van der Waals surface area contributed by atoms with Crippen molar-refractivity contribution >= 4 is 0 Å². The minimum atomic E-state index is -0.497. The molecular weight excluding hydrogens is 130 g/mol. The molecule has 1 saturated heterocycles. The van der Waals surface area contributed by atoms with Crippen LogP contribution in [0.3, 0.4) is 0 Å². The van der Waals surface area contributed by atoms with E-state index in [1.165, 1.54) is 0 Å². The summed E-state index contributed by atoms with van der Waals surface area (Å²) in [5.41, 5.74) is 0.221. The zero-order valence-electron chi connectivity index (χ0n) is 5.88. The number of aliphatic hydroxyl groups excluding tert-OH is 2. The Hall–Kier alpha value is -0.120. The summed E-state index contributed by atoms with van der Waals surface area (Å²) in [4.78, 5) is 0. The first kappa shape index (κ1) is 6.58. The van der Waals surface area contributed by atoms with Gasteiger partial charge in [0.2, 0.25) is 0 Å². The maximum Gasteiger partial charge on any atom is 0.0817 e. The quantitative estimate of drug-likeness (QED) is 0.390. The highest BCUT2D eigenvalue weighted by Gasteiger charge is 2.47. The molecule has 3 unspecified atom stereocenters. The topological polar surface area (TPSA) is 62.4 Å². The largest absolute Gasteiger partial charge is 0.390 e. The van der Waals surface area contributed by atoms with E-state index in [4.69, 9.17) is 5.11 Å². The van der Waals surface area contributed by atoms with E-state index in [2.05, 4.69) is 5.32 Å². The summed E-state index contributed by atoms with van der Waals surface area (Å²) in [6.45, 7) is 1.02. The zero-order chi connectivity index (χ0) is 7.19. The Kier molecular flexibility index (Phi) is 1.27. The van der Waals surface area contributed by atoms with Crippen LogP contribution < -0.4 is 5.32 Å². The van der Waals surface area contributed by atoms with Gasteiger partial charge in [-0.25, -0.2) is 0 Å². The highest BCUT2D eigenvalue weighted by Crippen LogP contribution is 2.35. The van der Waals surface area contributed by atoms with Crippen LogP contribution in [0.25, 0.3) is 0 Å². The van der Waals surface area contributed by atoms with Crippen molar-refractivity contribution in [2.24, 2.45) is 0 Å². The summed E-state index contributed by atoms with van der Waals surface area (Å²) in [5.74, 6) is 0. The normalized spacial score (nSPS) is 53.4. The van der Waals surface area contributed by atoms with Crippen LogP contribution >= 0.6 is 0 Å². The minimum Gasteiger partial charge on any atom is -0.390 e. The molecule has 0 aromatic carbocycles. The molecule has 1 aliphatic carbocycles. The smallest absolute Gasteiger partial charge is 0.0817 e. The van der Waals surface area contributed by atoms with Crippen LogP contribution in [0.1, 0.15) is 19.3 Å². The second-order valence-electron chi connectivity index (χ2n) is 3.51. The fraction of sp³-hybridized carbons (Fsp3) is 1.00. The molecule has 3 N–H and O–H groups in total. The van der Waals surface area contributed by atoms with Gasteiger partial charge in [0, 0.05) is 12.1 Å². The van der Waals surface area contributed by atoms with Crippen molar-refractivity contribution in [3.8, 4) is 0 Å². The molecule has 0 amide bonds. The lowest BCUT2D eigenvalue weighted by Crippen LogP contribution is -2.39. The molecule has 0 radical (unpaired) electrons. The summed E-state index contributed by atoms with van der Waals surface area (Å²) in [5, 5.41) is 21.7. The number of hydrogen-bond acceptors (Lipinski definition) is 3.